The number of imide groups is 1. The molecule has 3 rings (SSSR count). The largest absolute Gasteiger partial charge is 0.351 e. The fourth-order valence-electron chi connectivity index (χ4n) is 2.89. The number of primary amides is 1. The van der Waals surface area contributed by atoms with Crippen molar-refractivity contribution in [3.63, 3.8) is 0 Å². The van der Waals surface area contributed by atoms with Crippen LogP contribution in [0.15, 0.2) is 29.2 Å². The highest BCUT2D eigenvalue weighted by Gasteiger charge is 2.59. The van der Waals surface area contributed by atoms with Crippen LogP contribution in [0.2, 0.25) is 0 Å². The number of carbonyl (C=O) groups is 2. The summed E-state index contributed by atoms with van der Waals surface area (Å²) >= 11 is 1.73. The highest BCUT2D eigenvalue weighted by atomic mass is 32.2. The molecule has 0 radical (unpaired) electrons. The van der Waals surface area contributed by atoms with Crippen LogP contribution >= 0.6 is 11.8 Å². The zero-order chi connectivity index (χ0) is 14.7. The SMILES string of the molecule is CC1(C)Sc2ccccc2N2C(=O)N(C(N)=O)CC21C. The van der Waals surface area contributed by atoms with E-state index >= 15 is 0 Å². The molecule has 2 N–H and O–H groups in total. The van der Waals surface area contributed by atoms with Crippen LogP contribution in [0.25, 0.3) is 0 Å². The summed E-state index contributed by atoms with van der Waals surface area (Å²) in [6.07, 6.45) is 0. The number of urea groups is 2. The second kappa shape index (κ2) is 3.91. The lowest BCUT2D eigenvalue weighted by atomic mass is 9.86. The maximum atomic E-state index is 12.6. The molecule has 4 amide bonds. The molecule has 1 aromatic carbocycles. The van der Waals surface area contributed by atoms with Crippen molar-refractivity contribution in [1.29, 1.82) is 0 Å². The van der Waals surface area contributed by atoms with Crippen LogP contribution in [0.4, 0.5) is 15.3 Å². The highest BCUT2D eigenvalue weighted by Crippen LogP contribution is 2.55. The van der Waals surface area contributed by atoms with Gasteiger partial charge in [-0.15, -0.1) is 11.8 Å². The summed E-state index contributed by atoms with van der Waals surface area (Å²) in [4.78, 5) is 28.0. The van der Waals surface area contributed by atoms with Crippen LogP contribution in [0.1, 0.15) is 20.8 Å². The van der Waals surface area contributed by atoms with E-state index in [4.69, 9.17) is 5.73 Å². The van der Waals surface area contributed by atoms with Crippen molar-refractivity contribution in [2.45, 2.75) is 36.0 Å². The number of thioether (sulfide) groups is 1. The zero-order valence-corrected chi connectivity index (χ0v) is 12.5. The van der Waals surface area contributed by atoms with E-state index in [1.165, 1.54) is 0 Å². The minimum atomic E-state index is -0.691. The Morgan fingerprint density at radius 2 is 1.95 bits per heavy atom. The maximum Gasteiger partial charge on any atom is 0.333 e. The molecule has 1 saturated heterocycles. The van der Waals surface area contributed by atoms with E-state index in [9.17, 15) is 9.59 Å². The second-order valence-electron chi connectivity index (χ2n) is 5.90. The van der Waals surface area contributed by atoms with Gasteiger partial charge in [-0.25, -0.2) is 14.5 Å². The number of anilines is 1. The monoisotopic (exact) mass is 291 g/mol. The van der Waals surface area contributed by atoms with Gasteiger partial charge < -0.3 is 5.73 Å². The number of nitrogens with two attached hydrogens (primary N) is 1. The van der Waals surface area contributed by atoms with E-state index in [0.717, 1.165) is 15.5 Å². The molecule has 0 spiro atoms. The van der Waals surface area contributed by atoms with E-state index in [1.54, 1.807) is 16.7 Å². The first-order chi connectivity index (χ1) is 9.28. The van der Waals surface area contributed by atoms with Crippen LogP contribution in [-0.4, -0.2) is 33.8 Å². The molecule has 5 nitrogen and oxygen atoms in total. The Morgan fingerprint density at radius 3 is 2.60 bits per heavy atom. The van der Waals surface area contributed by atoms with Gasteiger partial charge in [-0.3, -0.25) is 4.90 Å². The lowest BCUT2D eigenvalue weighted by molar-refractivity contribution is 0.204. The molecule has 6 heteroatoms. The summed E-state index contributed by atoms with van der Waals surface area (Å²) in [5, 5.41) is 0. The van der Waals surface area contributed by atoms with Crippen molar-refractivity contribution in [1.82, 2.24) is 4.90 Å². The Hall–Kier alpha value is -1.69. The normalized spacial score (nSPS) is 27.2. The molecule has 0 aliphatic carbocycles. The molecule has 1 aromatic rings. The molecular formula is C14H17N3O2S. The van der Waals surface area contributed by atoms with E-state index in [-0.39, 0.29) is 10.8 Å². The number of carbonyl (C=O) groups excluding carboxylic acids is 2. The molecule has 0 bridgehead atoms. The Balaban J connectivity index is 2.21. The predicted octanol–water partition coefficient (Wildman–Crippen LogP) is 2.65. The predicted molar refractivity (Wildman–Crippen MR) is 78.9 cm³/mol. The summed E-state index contributed by atoms with van der Waals surface area (Å²) in [5.74, 6) is 0. The van der Waals surface area contributed by atoms with Gasteiger partial charge in [0.25, 0.3) is 0 Å². The molecular weight excluding hydrogens is 274 g/mol. The van der Waals surface area contributed by atoms with Gasteiger partial charge in [-0.1, -0.05) is 12.1 Å². The van der Waals surface area contributed by atoms with Crippen molar-refractivity contribution >= 4 is 29.5 Å². The van der Waals surface area contributed by atoms with E-state index in [0.29, 0.717) is 6.54 Å². The van der Waals surface area contributed by atoms with Crippen LogP contribution in [-0.2, 0) is 0 Å². The number of amides is 4. The van der Waals surface area contributed by atoms with Gasteiger partial charge in [0, 0.05) is 9.64 Å². The third-order valence-corrected chi connectivity index (χ3v) is 5.93. The van der Waals surface area contributed by atoms with Gasteiger partial charge in [0.05, 0.1) is 17.8 Å². The molecule has 20 heavy (non-hydrogen) atoms. The minimum Gasteiger partial charge on any atom is -0.351 e. The average Bonchev–Trinajstić information content (AvgIpc) is 2.64. The molecule has 1 fully saturated rings. The van der Waals surface area contributed by atoms with Gasteiger partial charge in [-0.2, -0.15) is 0 Å². The Labute approximate surface area is 122 Å². The van der Waals surface area contributed by atoms with E-state index < -0.39 is 11.6 Å². The molecule has 106 valence electrons. The Kier molecular flexibility index (Phi) is 2.60. The zero-order valence-electron chi connectivity index (χ0n) is 11.7. The number of hydrogen-bond donors (Lipinski definition) is 1. The molecule has 1 unspecified atom stereocenters. The quantitative estimate of drug-likeness (QED) is 0.799. The van der Waals surface area contributed by atoms with Crippen molar-refractivity contribution < 1.29 is 9.59 Å². The number of benzene rings is 1. The molecule has 2 aliphatic heterocycles. The third-order valence-electron chi connectivity index (χ3n) is 4.42. The molecule has 2 aliphatic rings. The fraction of sp³-hybridized carbons (Fsp3) is 0.429. The van der Waals surface area contributed by atoms with Crippen molar-refractivity contribution in [2.24, 2.45) is 5.73 Å². The van der Waals surface area contributed by atoms with Gasteiger partial charge in [0.15, 0.2) is 0 Å². The minimum absolute atomic E-state index is 0.221. The topological polar surface area (TPSA) is 66.6 Å². The summed E-state index contributed by atoms with van der Waals surface area (Å²) in [6, 6.07) is 6.75. The highest BCUT2D eigenvalue weighted by molar-refractivity contribution is 8.01. The number of fused-ring (bicyclic) bond motifs is 3. The van der Waals surface area contributed by atoms with Crippen LogP contribution in [0.3, 0.4) is 0 Å². The molecule has 2 heterocycles. The first-order valence-corrected chi connectivity index (χ1v) is 7.29. The lowest BCUT2D eigenvalue weighted by Crippen LogP contribution is -2.59. The van der Waals surface area contributed by atoms with Crippen molar-refractivity contribution in [3.05, 3.63) is 24.3 Å². The molecule has 1 atom stereocenters. The van der Waals surface area contributed by atoms with E-state index in [1.807, 2.05) is 31.2 Å². The average molecular weight is 291 g/mol. The van der Waals surface area contributed by atoms with Crippen LogP contribution in [0, 0.1) is 0 Å². The Bertz CT molecular complexity index is 616. The van der Waals surface area contributed by atoms with Gasteiger partial charge in [0.1, 0.15) is 0 Å². The first-order valence-electron chi connectivity index (χ1n) is 6.47. The maximum absolute atomic E-state index is 12.6. The number of hydrogen-bond acceptors (Lipinski definition) is 3. The van der Waals surface area contributed by atoms with Gasteiger partial charge >= 0.3 is 12.1 Å². The summed E-state index contributed by atoms with van der Waals surface area (Å²) < 4.78 is -0.221. The second-order valence-corrected chi connectivity index (χ2v) is 7.56. The van der Waals surface area contributed by atoms with Crippen LogP contribution < -0.4 is 10.6 Å². The third kappa shape index (κ3) is 1.51. The van der Waals surface area contributed by atoms with Crippen LogP contribution in [0.5, 0.6) is 0 Å². The van der Waals surface area contributed by atoms with E-state index in [2.05, 4.69) is 13.8 Å². The fourth-order valence-corrected chi connectivity index (χ4v) is 4.23. The molecule has 0 aromatic heterocycles. The van der Waals surface area contributed by atoms with Gasteiger partial charge in [-0.05, 0) is 32.9 Å². The van der Waals surface area contributed by atoms with Gasteiger partial charge in [0.2, 0.25) is 0 Å². The van der Waals surface area contributed by atoms with Crippen molar-refractivity contribution in [2.75, 3.05) is 11.4 Å². The summed E-state index contributed by atoms with van der Waals surface area (Å²) in [7, 11) is 0. The number of rotatable bonds is 0. The lowest BCUT2D eigenvalue weighted by Gasteiger charge is -2.49. The smallest absolute Gasteiger partial charge is 0.333 e. The first kappa shape index (κ1) is 13.3. The number of para-hydroxylation sites is 1. The standard InChI is InChI=1S/C14H17N3O2S/c1-13(2)14(3)8-16(11(15)18)12(19)17(14)9-6-4-5-7-10(9)20-13/h4-7H,8H2,1-3H3,(H2,15,18). The Morgan fingerprint density at radius 1 is 1.30 bits per heavy atom. The number of nitrogens with zero attached hydrogens (tertiary/aromatic N) is 2. The van der Waals surface area contributed by atoms with Crippen molar-refractivity contribution in [3.8, 4) is 0 Å². The summed E-state index contributed by atoms with van der Waals surface area (Å²) in [6.45, 7) is 6.52. The summed E-state index contributed by atoms with van der Waals surface area (Å²) in [5.41, 5.74) is 5.72. The molecule has 0 saturated carbocycles.